The van der Waals surface area contributed by atoms with Gasteiger partial charge in [0.2, 0.25) is 0 Å². The Balaban J connectivity index is 1.89. The summed E-state index contributed by atoms with van der Waals surface area (Å²) in [5, 5.41) is 2.97. The molecule has 1 atom stereocenters. The van der Waals surface area contributed by atoms with E-state index in [1.54, 1.807) is 11.3 Å². The molecule has 0 bridgehead atoms. The molecular formula is C18H14BrClS. The van der Waals surface area contributed by atoms with E-state index in [9.17, 15) is 0 Å². The van der Waals surface area contributed by atoms with Crippen LogP contribution in [0.3, 0.4) is 0 Å². The van der Waals surface area contributed by atoms with Crippen molar-refractivity contribution in [2.45, 2.75) is 11.8 Å². The maximum atomic E-state index is 6.36. The zero-order chi connectivity index (χ0) is 14.8. The van der Waals surface area contributed by atoms with E-state index < -0.39 is 0 Å². The van der Waals surface area contributed by atoms with Gasteiger partial charge in [-0.2, -0.15) is 0 Å². The van der Waals surface area contributed by atoms with Crippen LogP contribution in [0.25, 0.3) is 11.1 Å². The summed E-state index contributed by atoms with van der Waals surface area (Å²) in [5.74, 6) is 0. The first-order valence-corrected chi connectivity index (χ1v) is 8.87. The Morgan fingerprint density at radius 1 is 0.952 bits per heavy atom. The fourth-order valence-corrected chi connectivity index (χ4v) is 4.54. The summed E-state index contributed by atoms with van der Waals surface area (Å²) < 4.78 is 0. The largest absolute Gasteiger partial charge is 0.145 e. The van der Waals surface area contributed by atoms with Crippen LogP contribution in [0, 0.1) is 6.92 Å². The first-order chi connectivity index (χ1) is 10.2. The van der Waals surface area contributed by atoms with Crippen LogP contribution in [0.15, 0.2) is 60.0 Å². The van der Waals surface area contributed by atoms with E-state index in [2.05, 4.69) is 69.8 Å². The van der Waals surface area contributed by atoms with E-state index in [-0.39, 0.29) is 4.83 Å². The van der Waals surface area contributed by atoms with Crippen molar-refractivity contribution in [3.8, 4) is 11.1 Å². The van der Waals surface area contributed by atoms with E-state index in [4.69, 9.17) is 11.6 Å². The summed E-state index contributed by atoms with van der Waals surface area (Å²) in [7, 11) is 0. The Hall–Kier alpha value is -1.09. The third-order valence-electron chi connectivity index (χ3n) is 3.47. The van der Waals surface area contributed by atoms with Gasteiger partial charge in [0, 0.05) is 4.88 Å². The highest BCUT2D eigenvalue weighted by Crippen LogP contribution is 2.41. The molecule has 21 heavy (non-hydrogen) atoms. The molecule has 0 fully saturated rings. The molecule has 1 aromatic heterocycles. The second-order valence-electron chi connectivity index (χ2n) is 4.95. The van der Waals surface area contributed by atoms with E-state index in [1.165, 1.54) is 21.6 Å². The molecule has 0 aliphatic rings. The highest BCUT2D eigenvalue weighted by atomic mass is 79.9. The Labute approximate surface area is 142 Å². The summed E-state index contributed by atoms with van der Waals surface area (Å²) in [6, 6.07) is 19.0. The van der Waals surface area contributed by atoms with Gasteiger partial charge < -0.3 is 0 Å². The number of aryl methyl sites for hydroxylation is 1. The van der Waals surface area contributed by atoms with Crippen LogP contribution >= 0.6 is 38.9 Å². The average Bonchev–Trinajstić information content (AvgIpc) is 2.87. The van der Waals surface area contributed by atoms with Crippen molar-refractivity contribution in [2.24, 2.45) is 0 Å². The topological polar surface area (TPSA) is 0 Å². The van der Waals surface area contributed by atoms with Crippen LogP contribution < -0.4 is 0 Å². The van der Waals surface area contributed by atoms with Gasteiger partial charge in [-0.25, -0.2) is 0 Å². The molecule has 1 unspecified atom stereocenters. The average molecular weight is 378 g/mol. The van der Waals surface area contributed by atoms with Gasteiger partial charge >= 0.3 is 0 Å². The standard InChI is InChI=1S/C18H14BrClS/c1-12-11-21-18(17(12)20)16(19)15-9-7-14(8-10-15)13-5-3-2-4-6-13/h2-11,16H,1H3. The van der Waals surface area contributed by atoms with Crippen LogP contribution in [0.2, 0.25) is 5.02 Å². The molecule has 0 nitrogen and oxygen atoms in total. The molecule has 2 aromatic carbocycles. The van der Waals surface area contributed by atoms with Gasteiger partial charge in [-0.1, -0.05) is 82.1 Å². The first kappa shape index (κ1) is 14.8. The Morgan fingerprint density at radius 2 is 1.57 bits per heavy atom. The Kier molecular flexibility index (Phi) is 4.48. The first-order valence-electron chi connectivity index (χ1n) is 6.70. The molecule has 106 valence electrons. The zero-order valence-electron chi connectivity index (χ0n) is 11.5. The smallest absolute Gasteiger partial charge is 0.0753 e. The molecule has 0 saturated carbocycles. The monoisotopic (exact) mass is 376 g/mol. The summed E-state index contributed by atoms with van der Waals surface area (Å²) in [6.45, 7) is 2.04. The van der Waals surface area contributed by atoms with Crippen molar-refractivity contribution in [2.75, 3.05) is 0 Å². The van der Waals surface area contributed by atoms with Crippen molar-refractivity contribution in [1.82, 2.24) is 0 Å². The number of rotatable bonds is 3. The summed E-state index contributed by atoms with van der Waals surface area (Å²) >= 11 is 11.8. The number of thiophene rings is 1. The van der Waals surface area contributed by atoms with E-state index in [0.29, 0.717) is 0 Å². The van der Waals surface area contributed by atoms with Crippen LogP contribution in [-0.2, 0) is 0 Å². The fraction of sp³-hybridized carbons (Fsp3) is 0.111. The van der Waals surface area contributed by atoms with Gasteiger partial charge in [-0.05, 0) is 34.6 Å². The van der Waals surface area contributed by atoms with Crippen LogP contribution in [-0.4, -0.2) is 0 Å². The number of halogens is 2. The fourth-order valence-electron chi connectivity index (χ4n) is 2.25. The molecule has 0 spiro atoms. The van der Waals surface area contributed by atoms with Crippen molar-refractivity contribution in [3.05, 3.63) is 81.0 Å². The van der Waals surface area contributed by atoms with Gasteiger partial charge in [0.25, 0.3) is 0 Å². The lowest BCUT2D eigenvalue weighted by atomic mass is 10.0. The molecule has 0 aliphatic heterocycles. The molecule has 0 radical (unpaired) electrons. The predicted octanol–water partition coefficient (Wildman–Crippen LogP) is 6.86. The summed E-state index contributed by atoms with van der Waals surface area (Å²) in [4.78, 5) is 1.31. The van der Waals surface area contributed by atoms with Crippen LogP contribution in [0.5, 0.6) is 0 Å². The molecule has 0 N–H and O–H groups in total. The third kappa shape index (κ3) is 3.08. The molecule has 0 amide bonds. The van der Waals surface area contributed by atoms with Gasteiger partial charge in [0.15, 0.2) is 0 Å². The normalized spacial score (nSPS) is 12.3. The number of benzene rings is 2. The van der Waals surface area contributed by atoms with Gasteiger partial charge in [-0.3, -0.25) is 0 Å². The van der Waals surface area contributed by atoms with E-state index in [1.807, 2.05) is 13.0 Å². The van der Waals surface area contributed by atoms with Crippen LogP contribution in [0.4, 0.5) is 0 Å². The lowest BCUT2D eigenvalue weighted by molar-refractivity contribution is 1.22. The Morgan fingerprint density at radius 3 is 2.14 bits per heavy atom. The Bertz CT molecular complexity index is 732. The second-order valence-corrected chi connectivity index (χ2v) is 7.15. The molecule has 0 aliphatic carbocycles. The van der Waals surface area contributed by atoms with Gasteiger partial charge in [0.05, 0.1) is 9.85 Å². The lowest BCUT2D eigenvalue weighted by Gasteiger charge is -2.10. The highest BCUT2D eigenvalue weighted by Gasteiger charge is 2.17. The van der Waals surface area contributed by atoms with Gasteiger partial charge in [-0.15, -0.1) is 11.3 Å². The quantitative estimate of drug-likeness (QED) is 0.437. The molecule has 3 heteroatoms. The van der Waals surface area contributed by atoms with Crippen LogP contribution in [0.1, 0.15) is 20.8 Å². The maximum absolute atomic E-state index is 6.36. The SMILES string of the molecule is Cc1csc(C(Br)c2ccc(-c3ccccc3)cc2)c1Cl. The van der Waals surface area contributed by atoms with Crippen molar-refractivity contribution >= 4 is 38.9 Å². The highest BCUT2D eigenvalue weighted by molar-refractivity contribution is 9.09. The zero-order valence-corrected chi connectivity index (χ0v) is 14.7. The van der Waals surface area contributed by atoms with E-state index >= 15 is 0 Å². The molecule has 3 aromatic rings. The number of hydrogen-bond donors (Lipinski definition) is 0. The minimum atomic E-state index is 0.147. The third-order valence-corrected chi connectivity index (χ3v) is 6.53. The predicted molar refractivity (Wildman–Crippen MR) is 96.7 cm³/mol. The maximum Gasteiger partial charge on any atom is 0.0753 e. The summed E-state index contributed by atoms with van der Waals surface area (Å²) in [5.41, 5.74) is 4.83. The minimum Gasteiger partial charge on any atom is -0.145 e. The lowest BCUT2D eigenvalue weighted by Crippen LogP contribution is -1.90. The molecule has 3 rings (SSSR count). The number of alkyl halides is 1. The number of hydrogen-bond acceptors (Lipinski definition) is 1. The molecule has 1 heterocycles. The van der Waals surface area contributed by atoms with Crippen molar-refractivity contribution in [1.29, 1.82) is 0 Å². The molecule has 0 saturated heterocycles. The second kappa shape index (κ2) is 6.35. The molecular weight excluding hydrogens is 364 g/mol. The van der Waals surface area contributed by atoms with Crippen molar-refractivity contribution < 1.29 is 0 Å². The van der Waals surface area contributed by atoms with Gasteiger partial charge in [0.1, 0.15) is 0 Å². The van der Waals surface area contributed by atoms with Crippen molar-refractivity contribution in [3.63, 3.8) is 0 Å². The van der Waals surface area contributed by atoms with E-state index in [0.717, 1.165) is 10.6 Å². The minimum absolute atomic E-state index is 0.147. The summed E-state index contributed by atoms with van der Waals surface area (Å²) in [6.07, 6.45) is 0.